The number of rotatable bonds is 2. The van der Waals surface area contributed by atoms with Gasteiger partial charge in [0.05, 0.1) is 5.56 Å². The summed E-state index contributed by atoms with van der Waals surface area (Å²) in [6, 6.07) is 6.14. The van der Waals surface area contributed by atoms with E-state index < -0.39 is 0 Å². The van der Waals surface area contributed by atoms with Crippen LogP contribution in [0.2, 0.25) is 0 Å². The van der Waals surface area contributed by atoms with E-state index >= 15 is 0 Å². The lowest BCUT2D eigenvalue weighted by molar-refractivity contribution is -0.00637. The molecule has 4 heteroatoms. The number of esters is 1. The molecule has 1 aliphatic rings. The van der Waals surface area contributed by atoms with Crippen molar-refractivity contribution in [3.63, 3.8) is 0 Å². The quantitative estimate of drug-likeness (QED) is 0.816. The van der Waals surface area contributed by atoms with Crippen LogP contribution in [0.15, 0.2) is 24.3 Å². The first-order chi connectivity index (χ1) is 9.17. The number of phenolic OH excluding ortho intramolecular Hbond substituents is 1. The third-order valence-electron chi connectivity index (χ3n) is 3.53. The number of carbonyl (C=O) groups is 1. The molecular formula is C16H23NO3. The standard InChI is InChI=1S/C16H23NO3/c1-15(2)9-13(10-16(3,4)17-15)20-14(19)11-5-7-12(18)8-6-11/h5-8,13,17-18H,9-10H2,1-4H3. The summed E-state index contributed by atoms with van der Waals surface area (Å²) in [4.78, 5) is 12.1. The molecular weight excluding hydrogens is 254 g/mol. The maximum absolute atomic E-state index is 12.1. The van der Waals surface area contributed by atoms with Crippen molar-refractivity contribution in [3.8, 4) is 5.75 Å². The van der Waals surface area contributed by atoms with E-state index in [4.69, 9.17) is 4.74 Å². The van der Waals surface area contributed by atoms with Gasteiger partial charge in [-0.3, -0.25) is 0 Å². The van der Waals surface area contributed by atoms with Gasteiger partial charge in [-0.15, -0.1) is 0 Å². The summed E-state index contributed by atoms with van der Waals surface area (Å²) in [7, 11) is 0. The van der Waals surface area contributed by atoms with Gasteiger partial charge in [0.1, 0.15) is 11.9 Å². The van der Waals surface area contributed by atoms with Crippen molar-refractivity contribution < 1.29 is 14.6 Å². The zero-order chi connectivity index (χ0) is 15.0. The van der Waals surface area contributed by atoms with Crippen LogP contribution in [-0.2, 0) is 4.74 Å². The fourth-order valence-electron chi connectivity index (χ4n) is 3.13. The summed E-state index contributed by atoms with van der Waals surface area (Å²) in [5.41, 5.74) is 0.362. The van der Waals surface area contributed by atoms with Gasteiger partial charge in [0.15, 0.2) is 0 Å². The SMILES string of the molecule is CC1(C)CC(OC(=O)c2ccc(O)cc2)CC(C)(C)N1. The van der Waals surface area contributed by atoms with E-state index in [0.717, 1.165) is 12.8 Å². The Morgan fingerprint density at radius 2 is 1.65 bits per heavy atom. The average molecular weight is 277 g/mol. The van der Waals surface area contributed by atoms with Crippen molar-refractivity contribution in [2.75, 3.05) is 0 Å². The van der Waals surface area contributed by atoms with Gasteiger partial charge in [-0.05, 0) is 52.0 Å². The topological polar surface area (TPSA) is 58.6 Å². The Morgan fingerprint density at radius 1 is 1.15 bits per heavy atom. The van der Waals surface area contributed by atoms with E-state index in [-0.39, 0.29) is 28.9 Å². The molecule has 0 aromatic heterocycles. The molecule has 1 fully saturated rings. The van der Waals surface area contributed by atoms with Crippen LogP contribution >= 0.6 is 0 Å². The zero-order valence-electron chi connectivity index (χ0n) is 12.6. The molecule has 4 nitrogen and oxygen atoms in total. The second-order valence-electron chi connectivity index (χ2n) is 6.88. The lowest BCUT2D eigenvalue weighted by Gasteiger charge is -2.45. The fourth-order valence-corrected chi connectivity index (χ4v) is 3.13. The van der Waals surface area contributed by atoms with E-state index in [9.17, 15) is 9.90 Å². The first kappa shape index (κ1) is 14.9. The average Bonchev–Trinajstić information content (AvgIpc) is 2.25. The molecule has 1 saturated heterocycles. The predicted octanol–water partition coefficient (Wildman–Crippen LogP) is 2.86. The van der Waals surface area contributed by atoms with E-state index in [0.29, 0.717) is 5.56 Å². The number of phenols is 1. The number of nitrogens with one attached hydrogen (secondary N) is 1. The van der Waals surface area contributed by atoms with E-state index in [1.807, 2.05) is 0 Å². The third kappa shape index (κ3) is 3.73. The second kappa shape index (κ2) is 5.09. The highest BCUT2D eigenvalue weighted by Crippen LogP contribution is 2.30. The Balaban J connectivity index is 2.05. The predicted molar refractivity (Wildman–Crippen MR) is 77.8 cm³/mol. The van der Waals surface area contributed by atoms with Crippen LogP contribution in [0.4, 0.5) is 0 Å². The van der Waals surface area contributed by atoms with Crippen LogP contribution in [0.25, 0.3) is 0 Å². The van der Waals surface area contributed by atoms with Gasteiger partial charge in [-0.2, -0.15) is 0 Å². The van der Waals surface area contributed by atoms with Crippen LogP contribution in [0, 0.1) is 0 Å². The lowest BCUT2D eigenvalue weighted by atomic mass is 9.81. The van der Waals surface area contributed by atoms with Gasteiger partial charge in [0, 0.05) is 23.9 Å². The number of hydrogen-bond donors (Lipinski definition) is 2. The normalized spacial score (nSPS) is 21.4. The highest BCUT2D eigenvalue weighted by Gasteiger charge is 2.39. The first-order valence-electron chi connectivity index (χ1n) is 6.96. The van der Waals surface area contributed by atoms with Gasteiger partial charge in [-0.25, -0.2) is 4.79 Å². The summed E-state index contributed by atoms with van der Waals surface area (Å²) in [6.07, 6.45) is 1.49. The first-order valence-corrected chi connectivity index (χ1v) is 6.96. The molecule has 20 heavy (non-hydrogen) atoms. The van der Waals surface area contributed by atoms with Crippen molar-refractivity contribution in [3.05, 3.63) is 29.8 Å². The lowest BCUT2D eigenvalue weighted by Crippen LogP contribution is -2.59. The Labute approximate surface area is 120 Å². The molecule has 0 saturated carbocycles. The number of benzene rings is 1. The van der Waals surface area contributed by atoms with Crippen LogP contribution in [0.1, 0.15) is 50.9 Å². The minimum Gasteiger partial charge on any atom is -0.508 e. The van der Waals surface area contributed by atoms with Gasteiger partial charge in [-0.1, -0.05) is 0 Å². The molecule has 2 rings (SSSR count). The highest BCUT2D eigenvalue weighted by atomic mass is 16.5. The van der Waals surface area contributed by atoms with Crippen molar-refractivity contribution in [2.45, 2.75) is 57.7 Å². The second-order valence-corrected chi connectivity index (χ2v) is 6.88. The largest absolute Gasteiger partial charge is 0.508 e. The fraction of sp³-hybridized carbons (Fsp3) is 0.562. The molecule has 0 amide bonds. The molecule has 0 bridgehead atoms. The molecule has 1 aromatic rings. The van der Waals surface area contributed by atoms with Gasteiger partial charge < -0.3 is 15.2 Å². The third-order valence-corrected chi connectivity index (χ3v) is 3.53. The summed E-state index contributed by atoms with van der Waals surface area (Å²) in [6.45, 7) is 8.48. The van der Waals surface area contributed by atoms with Crippen LogP contribution < -0.4 is 5.32 Å². The molecule has 0 aliphatic carbocycles. The molecule has 2 N–H and O–H groups in total. The molecule has 1 heterocycles. The number of ether oxygens (including phenoxy) is 1. The number of piperidine rings is 1. The smallest absolute Gasteiger partial charge is 0.338 e. The Kier molecular flexibility index (Phi) is 3.78. The molecule has 0 radical (unpaired) electrons. The number of aromatic hydroxyl groups is 1. The molecule has 1 aliphatic heterocycles. The number of hydrogen-bond acceptors (Lipinski definition) is 4. The maximum atomic E-state index is 12.1. The molecule has 0 unspecified atom stereocenters. The summed E-state index contributed by atoms with van der Waals surface area (Å²) in [5, 5.41) is 12.8. The summed E-state index contributed by atoms with van der Waals surface area (Å²) in [5.74, 6) is -0.186. The summed E-state index contributed by atoms with van der Waals surface area (Å²) < 4.78 is 5.63. The maximum Gasteiger partial charge on any atom is 0.338 e. The van der Waals surface area contributed by atoms with E-state index in [1.165, 1.54) is 12.1 Å². The van der Waals surface area contributed by atoms with E-state index in [1.54, 1.807) is 12.1 Å². The molecule has 0 atom stereocenters. The van der Waals surface area contributed by atoms with E-state index in [2.05, 4.69) is 33.0 Å². The minimum atomic E-state index is -0.330. The monoisotopic (exact) mass is 277 g/mol. The van der Waals surface area contributed by atoms with Gasteiger partial charge in [0.2, 0.25) is 0 Å². The van der Waals surface area contributed by atoms with Crippen LogP contribution in [0.5, 0.6) is 5.75 Å². The molecule has 1 aromatic carbocycles. The van der Waals surface area contributed by atoms with Gasteiger partial charge >= 0.3 is 5.97 Å². The molecule has 0 spiro atoms. The summed E-state index contributed by atoms with van der Waals surface area (Å²) >= 11 is 0. The Bertz CT molecular complexity index is 475. The van der Waals surface area contributed by atoms with Crippen molar-refractivity contribution >= 4 is 5.97 Å². The minimum absolute atomic E-state index is 0.0539. The van der Waals surface area contributed by atoms with Crippen molar-refractivity contribution in [1.29, 1.82) is 0 Å². The Morgan fingerprint density at radius 3 is 2.15 bits per heavy atom. The van der Waals surface area contributed by atoms with Crippen LogP contribution in [0.3, 0.4) is 0 Å². The van der Waals surface area contributed by atoms with Crippen molar-refractivity contribution in [1.82, 2.24) is 5.32 Å². The molecule has 110 valence electrons. The van der Waals surface area contributed by atoms with Gasteiger partial charge in [0.25, 0.3) is 0 Å². The highest BCUT2D eigenvalue weighted by molar-refractivity contribution is 5.89. The van der Waals surface area contributed by atoms with Crippen LogP contribution in [-0.4, -0.2) is 28.3 Å². The zero-order valence-corrected chi connectivity index (χ0v) is 12.6. The number of carbonyl (C=O) groups excluding carboxylic acids is 1. The Hall–Kier alpha value is -1.55. The van der Waals surface area contributed by atoms with Crippen molar-refractivity contribution in [2.24, 2.45) is 0 Å².